The zero-order valence-electron chi connectivity index (χ0n) is 23.4. The summed E-state index contributed by atoms with van der Waals surface area (Å²) in [6, 6.07) is 7.49. The van der Waals surface area contributed by atoms with Crippen molar-refractivity contribution >= 4 is 21.7 Å². The minimum atomic E-state index is -1.52. The van der Waals surface area contributed by atoms with Crippen LogP contribution in [-0.4, -0.2) is 56.6 Å². The molecule has 1 aliphatic carbocycles. The van der Waals surface area contributed by atoms with Gasteiger partial charge in [-0.05, 0) is 81.2 Å². The van der Waals surface area contributed by atoms with Gasteiger partial charge >= 0.3 is 0 Å². The van der Waals surface area contributed by atoms with E-state index in [4.69, 9.17) is 23.1 Å². The quantitative estimate of drug-likeness (QED) is 0.431. The Labute approximate surface area is 221 Å². The maximum atomic E-state index is 12.5. The van der Waals surface area contributed by atoms with Gasteiger partial charge in [0.1, 0.15) is 5.76 Å². The van der Waals surface area contributed by atoms with Crippen LogP contribution in [-0.2, 0) is 11.2 Å². The Morgan fingerprint density at radius 2 is 1.51 bits per heavy atom. The molecule has 2 aromatic rings. The second-order valence-corrected chi connectivity index (χ2v) is 14.0. The number of hydrogen-bond donors (Lipinski definition) is 1. The van der Waals surface area contributed by atoms with Crippen LogP contribution in [0.5, 0.6) is 28.7 Å². The Morgan fingerprint density at radius 3 is 2.03 bits per heavy atom. The van der Waals surface area contributed by atoms with E-state index >= 15 is 0 Å². The molecule has 2 aromatic carbocycles. The van der Waals surface area contributed by atoms with Gasteiger partial charge in [0, 0.05) is 22.3 Å². The number of benzene rings is 2. The summed E-state index contributed by atoms with van der Waals surface area (Å²) in [4.78, 5) is 12.5. The van der Waals surface area contributed by atoms with Crippen molar-refractivity contribution in [2.75, 3.05) is 41.0 Å². The Balaban J connectivity index is 2.34. The summed E-state index contributed by atoms with van der Waals surface area (Å²) in [5.41, 5.74) is 3.19. The van der Waals surface area contributed by atoms with E-state index in [1.54, 1.807) is 27.4 Å². The molecule has 0 saturated carbocycles. The zero-order chi connectivity index (χ0) is 27.7. The maximum Gasteiger partial charge on any atom is 0.203 e. The molecule has 0 bridgehead atoms. The minimum absolute atomic E-state index is 0.0725. The van der Waals surface area contributed by atoms with Crippen molar-refractivity contribution in [2.24, 2.45) is 0 Å². The van der Waals surface area contributed by atoms with Crippen LogP contribution in [0.3, 0.4) is 0 Å². The predicted molar refractivity (Wildman–Crippen MR) is 150 cm³/mol. The second-order valence-electron chi connectivity index (χ2n) is 10.1. The molecule has 0 atom stereocenters. The van der Waals surface area contributed by atoms with E-state index in [-0.39, 0.29) is 28.3 Å². The first-order valence-electron chi connectivity index (χ1n) is 11.9. The smallest absolute Gasteiger partial charge is 0.203 e. The van der Waals surface area contributed by atoms with Crippen LogP contribution in [0.4, 0.5) is 0 Å². The number of ether oxygens (including phenoxy) is 4. The normalized spacial score (nSPS) is 14.3. The molecule has 0 aliphatic heterocycles. The van der Waals surface area contributed by atoms with Gasteiger partial charge < -0.3 is 28.2 Å². The standard InChI is InChI=1S/C29H38O7S/c1-17(30)19-14-22-21(16-26(33-6)28(35-8)27(22)34-7)20(15-23(19)31)18-11-12-24(32-5)25(13-18)36-37(9,10)29(2,3)4/h11-13,15-16,31H,14H2,1-10H3. The fourth-order valence-corrected chi connectivity index (χ4v) is 4.83. The summed E-state index contributed by atoms with van der Waals surface area (Å²) in [6.45, 7) is 7.90. The van der Waals surface area contributed by atoms with Crippen molar-refractivity contribution in [3.05, 3.63) is 58.4 Å². The average Bonchev–Trinajstić information content (AvgIpc) is 2.98. The molecule has 0 amide bonds. The Morgan fingerprint density at radius 1 is 0.892 bits per heavy atom. The molecule has 0 saturated heterocycles. The first-order chi connectivity index (χ1) is 17.3. The highest BCUT2D eigenvalue weighted by atomic mass is 32.3. The lowest BCUT2D eigenvalue weighted by Gasteiger charge is -2.44. The molecule has 1 aliphatic rings. The second kappa shape index (κ2) is 10.6. The summed E-state index contributed by atoms with van der Waals surface area (Å²) in [5, 5.41) is 11.0. The van der Waals surface area contributed by atoms with Gasteiger partial charge in [-0.25, -0.2) is 0 Å². The number of aliphatic hydroxyl groups excluding tert-OH is 1. The average molecular weight is 531 g/mol. The maximum absolute atomic E-state index is 12.5. The van der Waals surface area contributed by atoms with Crippen molar-refractivity contribution in [1.29, 1.82) is 0 Å². The molecule has 0 spiro atoms. The van der Waals surface area contributed by atoms with Gasteiger partial charge in [-0.15, -0.1) is 0 Å². The van der Waals surface area contributed by atoms with Gasteiger partial charge in [0.25, 0.3) is 0 Å². The topological polar surface area (TPSA) is 83.5 Å². The summed E-state index contributed by atoms with van der Waals surface area (Å²) >= 11 is 0. The first kappa shape index (κ1) is 28.3. The lowest BCUT2D eigenvalue weighted by molar-refractivity contribution is -0.113. The van der Waals surface area contributed by atoms with E-state index in [0.717, 1.165) is 11.1 Å². The molecule has 0 aromatic heterocycles. The molecule has 0 fully saturated rings. The number of methoxy groups -OCH3 is 4. The first-order valence-corrected chi connectivity index (χ1v) is 14.2. The van der Waals surface area contributed by atoms with Crippen LogP contribution in [0.25, 0.3) is 5.57 Å². The van der Waals surface area contributed by atoms with E-state index in [1.165, 1.54) is 14.0 Å². The summed E-state index contributed by atoms with van der Waals surface area (Å²) < 4.78 is 29.1. The van der Waals surface area contributed by atoms with Crippen LogP contribution in [0.2, 0.25) is 0 Å². The monoisotopic (exact) mass is 530 g/mol. The summed E-state index contributed by atoms with van der Waals surface area (Å²) in [5.74, 6) is 2.21. The van der Waals surface area contributed by atoms with Gasteiger partial charge in [-0.3, -0.25) is 4.79 Å². The number of carbonyl (C=O) groups excluding carboxylic acids is 1. The van der Waals surface area contributed by atoms with Crippen molar-refractivity contribution in [3.8, 4) is 28.7 Å². The number of Topliss-reactive ketones (excluding diaryl/α,β-unsaturated/α-hetero) is 1. The van der Waals surface area contributed by atoms with Crippen LogP contribution < -0.4 is 23.1 Å². The van der Waals surface area contributed by atoms with Gasteiger partial charge in [-0.1, -0.05) is 16.4 Å². The summed E-state index contributed by atoms with van der Waals surface area (Å²) in [6.07, 6.45) is 6.02. The summed E-state index contributed by atoms with van der Waals surface area (Å²) in [7, 11) is 4.72. The molecule has 0 radical (unpaired) electrons. The van der Waals surface area contributed by atoms with Crippen molar-refractivity contribution in [3.63, 3.8) is 0 Å². The van der Waals surface area contributed by atoms with Crippen molar-refractivity contribution < 1.29 is 33.0 Å². The van der Waals surface area contributed by atoms with Crippen molar-refractivity contribution in [2.45, 2.75) is 38.9 Å². The van der Waals surface area contributed by atoms with Crippen LogP contribution in [0, 0.1) is 0 Å². The number of rotatable bonds is 8. The molecular weight excluding hydrogens is 492 g/mol. The third-order valence-electron chi connectivity index (χ3n) is 6.84. The Bertz CT molecular complexity index is 1270. The highest BCUT2D eigenvalue weighted by Gasteiger charge is 2.32. The Hall–Kier alpha value is -3.26. The van der Waals surface area contributed by atoms with E-state index in [0.29, 0.717) is 39.9 Å². The molecule has 202 valence electrons. The molecule has 0 heterocycles. The SMILES string of the molecule is COc1ccc(C2=CC(O)=C(C(C)=O)Cc3c2cc(OC)c(OC)c3OC)cc1OS(C)(C)C(C)(C)C. The number of aliphatic hydroxyl groups is 1. The Kier molecular flexibility index (Phi) is 8.12. The molecule has 8 heteroatoms. The lowest BCUT2D eigenvalue weighted by atomic mass is 9.91. The van der Waals surface area contributed by atoms with Gasteiger partial charge in [0.05, 0.1) is 28.4 Å². The molecule has 37 heavy (non-hydrogen) atoms. The fourth-order valence-electron chi connectivity index (χ4n) is 4.00. The number of carbonyl (C=O) groups is 1. The largest absolute Gasteiger partial charge is 0.508 e. The van der Waals surface area contributed by atoms with Gasteiger partial charge in [-0.2, -0.15) is 0 Å². The third-order valence-corrected chi connectivity index (χ3v) is 10.4. The van der Waals surface area contributed by atoms with Gasteiger partial charge in [0.15, 0.2) is 28.8 Å². The highest BCUT2D eigenvalue weighted by molar-refractivity contribution is 8.30. The van der Waals surface area contributed by atoms with Crippen molar-refractivity contribution in [1.82, 2.24) is 0 Å². The number of allylic oxidation sites excluding steroid dienone is 2. The molecule has 3 rings (SSSR count). The molecule has 1 N–H and O–H groups in total. The van der Waals surface area contributed by atoms with Gasteiger partial charge in [0.2, 0.25) is 5.75 Å². The molecule has 0 unspecified atom stereocenters. The van der Waals surface area contributed by atoms with E-state index in [1.807, 2.05) is 24.3 Å². The zero-order valence-corrected chi connectivity index (χ0v) is 24.2. The molecular formula is C29H38O7S. The minimum Gasteiger partial charge on any atom is -0.508 e. The number of ketones is 1. The number of fused-ring (bicyclic) bond motifs is 1. The van der Waals surface area contributed by atoms with Crippen LogP contribution in [0.1, 0.15) is 44.4 Å². The fraction of sp³-hybridized carbons (Fsp3) is 0.414. The lowest BCUT2D eigenvalue weighted by Crippen LogP contribution is -2.27. The number of hydrogen-bond acceptors (Lipinski definition) is 7. The van der Waals surface area contributed by atoms with Crippen LogP contribution in [0.15, 0.2) is 41.7 Å². The van der Waals surface area contributed by atoms with E-state index in [9.17, 15) is 9.90 Å². The van der Waals surface area contributed by atoms with E-state index < -0.39 is 10.3 Å². The van der Waals surface area contributed by atoms with Crippen LogP contribution >= 0.6 is 10.3 Å². The highest BCUT2D eigenvalue weighted by Crippen LogP contribution is 2.55. The third kappa shape index (κ3) is 5.39. The predicted octanol–water partition coefficient (Wildman–Crippen LogP) is 6.27. The van der Waals surface area contributed by atoms with E-state index in [2.05, 4.69) is 33.3 Å². The molecule has 7 nitrogen and oxygen atoms in total.